The van der Waals surface area contributed by atoms with Crippen LogP contribution >= 0.6 is 0 Å². The molecule has 2 unspecified atom stereocenters. The zero-order valence-corrected chi connectivity index (χ0v) is 9.16. The van der Waals surface area contributed by atoms with Gasteiger partial charge in [-0.15, -0.1) is 0 Å². The summed E-state index contributed by atoms with van der Waals surface area (Å²) >= 11 is 0. The molecular formula is C9H21N3O2. The van der Waals surface area contributed by atoms with Crippen LogP contribution in [0.15, 0.2) is 0 Å². The number of nitrogens with one attached hydrogen (secondary N) is 1. The molecule has 5 heteroatoms. The molecule has 0 bridgehead atoms. The summed E-state index contributed by atoms with van der Waals surface area (Å²) in [6.07, 6.45) is -0.517. The van der Waals surface area contributed by atoms with E-state index in [9.17, 15) is 9.90 Å². The smallest absolute Gasteiger partial charge is 0.223 e. The third-order valence-electron chi connectivity index (χ3n) is 2.07. The van der Waals surface area contributed by atoms with E-state index in [0.717, 1.165) is 0 Å². The van der Waals surface area contributed by atoms with Gasteiger partial charge in [0.2, 0.25) is 5.91 Å². The first-order valence-electron chi connectivity index (χ1n) is 4.79. The Morgan fingerprint density at radius 2 is 2.14 bits per heavy atom. The molecule has 0 rings (SSSR count). The lowest BCUT2D eigenvalue weighted by atomic mass is 10.1. The third-order valence-corrected chi connectivity index (χ3v) is 2.07. The summed E-state index contributed by atoms with van der Waals surface area (Å²) in [6.45, 7) is 3.22. The fourth-order valence-corrected chi connectivity index (χ4v) is 1.31. The summed E-state index contributed by atoms with van der Waals surface area (Å²) in [5, 5.41) is 11.9. The van der Waals surface area contributed by atoms with Gasteiger partial charge in [-0.05, 0) is 7.05 Å². The highest BCUT2D eigenvalue weighted by Crippen LogP contribution is 1.98. The number of hydrogen-bond donors (Lipinski definition) is 3. The van der Waals surface area contributed by atoms with Crippen molar-refractivity contribution in [2.24, 2.45) is 11.7 Å². The fourth-order valence-electron chi connectivity index (χ4n) is 1.31. The van der Waals surface area contributed by atoms with E-state index in [1.54, 1.807) is 7.05 Å². The van der Waals surface area contributed by atoms with Gasteiger partial charge in [-0.3, -0.25) is 4.79 Å². The van der Waals surface area contributed by atoms with Crippen LogP contribution in [0.3, 0.4) is 0 Å². The quantitative estimate of drug-likeness (QED) is 0.497. The normalized spacial score (nSPS) is 15.3. The molecule has 0 aromatic rings. The minimum absolute atomic E-state index is 0.0130. The van der Waals surface area contributed by atoms with E-state index in [1.807, 2.05) is 18.9 Å². The van der Waals surface area contributed by atoms with Gasteiger partial charge >= 0.3 is 0 Å². The van der Waals surface area contributed by atoms with Gasteiger partial charge in [0.15, 0.2) is 0 Å². The first-order chi connectivity index (χ1) is 6.51. The average Bonchev–Trinajstić information content (AvgIpc) is 2.15. The molecule has 14 heavy (non-hydrogen) atoms. The number of rotatable bonds is 6. The van der Waals surface area contributed by atoms with Gasteiger partial charge in [0.25, 0.3) is 0 Å². The molecule has 0 spiro atoms. The molecule has 0 saturated heterocycles. The van der Waals surface area contributed by atoms with Crippen molar-refractivity contribution in [2.75, 3.05) is 33.7 Å². The van der Waals surface area contributed by atoms with E-state index in [4.69, 9.17) is 5.73 Å². The summed E-state index contributed by atoms with van der Waals surface area (Å²) in [6, 6.07) is 0. The van der Waals surface area contributed by atoms with Crippen molar-refractivity contribution >= 4 is 5.91 Å². The third kappa shape index (κ3) is 5.16. The van der Waals surface area contributed by atoms with Crippen LogP contribution in [0.2, 0.25) is 0 Å². The van der Waals surface area contributed by atoms with Gasteiger partial charge in [-0.25, -0.2) is 0 Å². The van der Waals surface area contributed by atoms with E-state index in [0.29, 0.717) is 13.1 Å². The Morgan fingerprint density at radius 3 is 2.57 bits per heavy atom. The Hall–Kier alpha value is -0.650. The van der Waals surface area contributed by atoms with Crippen LogP contribution in [0.4, 0.5) is 0 Å². The first-order valence-corrected chi connectivity index (χ1v) is 4.79. The minimum Gasteiger partial charge on any atom is -0.390 e. The lowest BCUT2D eigenvalue weighted by Gasteiger charge is -2.22. The Balaban J connectivity index is 3.81. The minimum atomic E-state index is -0.517. The zero-order chi connectivity index (χ0) is 11.1. The summed E-state index contributed by atoms with van der Waals surface area (Å²) in [5.74, 6) is -0.0611. The van der Waals surface area contributed by atoms with Crippen molar-refractivity contribution < 1.29 is 9.90 Å². The highest BCUT2D eigenvalue weighted by molar-refractivity contribution is 5.78. The van der Waals surface area contributed by atoms with Gasteiger partial charge in [0, 0.05) is 32.6 Å². The molecule has 0 saturated carbocycles. The predicted molar refractivity (Wildman–Crippen MR) is 55.8 cm³/mol. The van der Waals surface area contributed by atoms with E-state index in [2.05, 4.69) is 5.32 Å². The zero-order valence-electron chi connectivity index (χ0n) is 9.16. The lowest BCUT2D eigenvalue weighted by Crippen LogP contribution is -2.39. The second kappa shape index (κ2) is 6.75. The number of hydrogen-bond acceptors (Lipinski definition) is 4. The molecule has 0 aromatic heterocycles. The second-order valence-corrected chi connectivity index (χ2v) is 3.63. The summed E-state index contributed by atoms with van der Waals surface area (Å²) in [7, 11) is 3.48. The number of nitrogens with zero attached hydrogens (tertiary/aromatic N) is 1. The molecule has 0 heterocycles. The van der Waals surface area contributed by atoms with Crippen molar-refractivity contribution in [3.05, 3.63) is 0 Å². The van der Waals surface area contributed by atoms with Gasteiger partial charge in [0.1, 0.15) is 0 Å². The summed E-state index contributed by atoms with van der Waals surface area (Å²) in [5.41, 5.74) is 5.28. The number of likely N-dealkylation sites (N-methyl/N-ethyl adjacent to an activating group) is 1. The topological polar surface area (TPSA) is 78.6 Å². The van der Waals surface area contributed by atoms with Crippen LogP contribution in [0.25, 0.3) is 0 Å². The number of nitrogens with two attached hydrogens (primary N) is 1. The van der Waals surface area contributed by atoms with Crippen LogP contribution in [-0.2, 0) is 4.79 Å². The molecule has 1 amide bonds. The van der Waals surface area contributed by atoms with Gasteiger partial charge in [0.05, 0.1) is 6.10 Å². The van der Waals surface area contributed by atoms with E-state index in [1.165, 1.54) is 0 Å². The molecule has 0 radical (unpaired) electrons. The Labute approximate surface area is 85.3 Å². The van der Waals surface area contributed by atoms with Gasteiger partial charge in [-0.1, -0.05) is 6.92 Å². The molecule has 84 valence electrons. The van der Waals surface area contributed by atoms with Crippen molar-refractivity contribution in [3.63, 3.8) is 0 Å². The molecule has 2 atom stereocenters. The highest BCUT2D eigenvalue weighted by atomic mass is 16.3. The number of amides is 1. The number of carbonyl (C=O) groups is 1. The molecule has 5 nitrogen and oxygen atoms in total. The maximum absolute atomic E-state index is 11.2. The van der Waals surface area contributed by atoms with Crippen LogP contribution < -0.4 is 11.1 Å². The summed E-state index contributed by atoms with van der Waals surface area (Å²) in [4.78, 5) is 13.1. The molecule has 4 N–H and O–H groups in total. The van der Waals surface area contributed by atoms with Crippen LogP contribution in [-0.4, -0.2) is 55.7 Å². The SMILES string of the molecule is CNC(=O)C(C)CN(C)CC(O)CN. The molecule has 0 aliphatic heterocycles. The molecule has 0 aliphatic carbocycles. The van der Waals surface area contributed by atoms with Crippen LogP contribution in [0.5, 0.6) is 0 Å². The average molecular weight is 203 g/mol. The molecule has 0 aromatic carbocycles. The predicted octanol–water partition coefficient (Wildman–Crippen LogP) is -1.38. The molecule has 0 aliphatic rings. The first kappa shape index (κ1) is 13.4. The van der Waals surface area contributed by atoms with Crippen molar-refractivity contribution in [3.8, 4) is 0 Å². The molecule has 0 fully saturated rings. The maximum Gasteiger partial charge on any atom is 0.223 e. The van der Waals surface area contributed by atoms with E-state index in [-0.39, 0.29) is 18.4 Å². The van der Waals surface area contributed by atoms with Crippen molar-refractivity contribution in [1.29, 1.82) is 0 Å². The number of aliphatic hydroxyl groups excluding tert-OH is 1. The highest BCUT2D eigenvalue weighted by Gasteiger charge is 2.14. The van der Waals surface area contributed by atoms with Crippen molar-refractivity contribution in [1.82, 2.24) is 10.2 Å². The van der Waals surface area contributed by atoms with E-state index >= 15 is 0 Å². The van der Waals surface area contributed by atoms with E-state index < -0.39 is 6.10 Å². The Kier molecular flexibility index (Phi) is 6.44. The maximum atomic E-state index is 11.2. The fraction of sp³-hybridized carbons (Fsp3) is 0.889. The van der Waals surface area contributed by atoms with Crippen molar-refractivity contribution in [2.45, 2.75) is 13.0 Å². The van der Waals surface area contributed by atoms with Gasteiger partial charge in [-0.2, -0.15) is 0 Å². The monoisotopic (exact) mass is 203 g/mol. The van der Waals surface area contributed by atoms with Crippen LogP contribution in [0, 0.1) is 5.92 Å². The number of aliphatic hydroxyl groups is 1. The second-order valence-electron chi connectivity index (χ2n) is 3.63. The largest absolute Gasteiger partial charge is 0.390 e. The standard InChI is InChI=1S/C9H21N3O2/c1-7(9(14)11-2)5-12(3)6-8(13)4-10/h7-8,13H,4-6,10H2,1-3H3,(H,11,14). The Bertz CT molecular complexity index is 175. The van der Waals surface area contributed by atoms with Crippen LogP contribution in [0.1, 0.15) is 6.92 Å². The number of carbonyl (C=O) groups excluding carboxylic acids is 1. The molecular weight excluding hydrogens is 182 g/mol. The van der Waals surface area contributed by atoms with Gasteiger partial charge < -0.3 is 21.1 Å². The summed E-state index contributed by atoms with van der Waals surface area (Å²) < 4.78 is 0. The Morgan fingerprint density at radius 1 is 1.57 bits per heavy atom. The lowest BCUT2D eigenvalue weighted by molar-refractivity contribution is -0.124.